The van der Waals surface area contributed by atoms with Crippen molar-refractivity contribution in [1.29, 1.82) is 0 Å². The van der Waals surface area contributed by atoms with E-state index in [9.17, 15) is 4.79 Å². The Labute approximate surface area is 218 Å². The van der Waals surface area contributed by atoms with Gasteiger partial charge in [-0.25, -0.2) is 4.79 Å². The summed E-state index contributed by atoms with van der Waals surface area (Å²) in [5, 5.41) is 0. The summed E-state index contributed by atoms with van der Waals surface area (Å²) < 4.78 is 22.6. The Morgan fingerprint density at radius 2 is 1.59 bits per heavy atom. The minimum atomic E-state index is -0.660. The summed E-state index contributed by atoms with van der Waals surface area (Å²) in [6, 6.07) is 24.8. The third-order valence-corrected chi connectivity index (χ3v) is 5.18. The van der Waals surface area contributed by atoms with Crippen LogP contribution in [0.15, 0.2) is 85.1 Å². The average molecular weight is 506 g/mol. The molecule has 0 aliphatic carbocycles. The highest BCUT2D eigenvalue weighted by Crippen LogP contribution is 2.24. The third kappa shape index (κ3) is 9.29. The normalized spacial score (nSPS) is 12.0. The molecule has 3 aromatic rings. The van der Waals surface area contributed by atoms with Crippen LogP contribution in [0.5, 0.6) is 17.2 Å². The van der Waals surface area contributed by atoms with E-state index in [1.807, 2.05) is 92.7 Å². The zero-order valence-corrected chi connectivity index (χ0v) is 21.6. The molecule has 0 saturated carbocycles. The summed E-state index contributed by atoms with van der Waals surface area (Å²) in [6.45, 7) is 6.95. The molecule has 0 aliphatic rings. The Balaban J connectivity index is 1.72. The zero-order chi connectivity index (χ0) is 26.3. The molecule has 3 rings (SSSR count). The van der Waals surface area contributed by atoms with Crippen LogP contribution in [0.3, 0.4) is 0 Å². The van der Waals surface area contributed by atoms with Gasteiger partial charge in [-0.15, -0.1) is 0 Å². The van der Waals surface area contributed by atoms with E-state index in [0.717, 1.165) is 29.0 Å². The average Bonchev–Trinajstić information content (AvgIpc) is 2.92. The Kier molecular flexibility index (Phi) is 11.5. The maximum Gasteiger partial charge on any atom is 0.335 e. The second kappa shape index (κ2) is 15.3. The Morgan fingerprint density at radius 1 is 0.865 bits per heavy atom. The maximum atomic E-state index is 12.2. The summed E-state index contributed by atoms with van der Waals surface area (Å²) in [7, 11) is 0. The van der Waals surface area contributed by atoms with E-state index in [4.69, 9.17) is 23.8 Å². The second-order valence-electron chi connectivity index (χ2n) is 8.09. The monoisotopic (exact) mass is 505 g/mol. The van der Waals surface area contributed by atoms with Crippen LogP contribution in [-0.4, -0.2) is 31.9 Å². The molecule has 0 fully saturated rings. The van der Waals surface area contributed by atoms with Crippen LogP contribution in [0.4, 0.5) is 0 Å². The van der Waals surface area contributed by atoms with E-state index < -0.39 is 6.10 Å². The van der Waals surface area contributed by atoms with Crippen LogP contribution in [0.2, 0.25) is 0 Å². The van der Waals surface area contributed by atoms with E-state index in [-0.39, 0.29) is 5.97 Å². The number of benzene rings is 3. The fraction of sp³-hybridized carbons (Fsp3) is 0.300. The molecule has 0 aromatic heterocycles. The molecule has 1 N–H and O–H groups in total. The van der Waals surface area contributed by atoms with Gasteiger partial charge >= 0.3 is 5.97 Å². The molecule has 0 heterocycles. The number of para-hydroxylation sites is 1. The van der Waals surface area contributed by atoms with E-state index in [2.05, 4.69) is 5.48 Å². The molecule has 196 valence electrons. The van der Waals surface area contributed by atoms with Crippen molar-refractivity contribution in [2.45, 2.75) is 39.7 Å². The van der Waals surface area contributed by atoms with Gasteiger partial charge in [0.05, 0.1) is 13.2 Å². The van der Waals surface area contributed by atoms with Gasteiger partial charge in [0.15, 0.2) is 6.10 Å². The lowest BCUT2D eigenvalue weighted by molar-refractivity contribution is -0.156. The van der Waals surface area contributed by atoms with E-state index in [1.165, 1.54) is 0 Å². The molecule has 0 bridgehead atoms. The van der Waals surface area contributed by atoms with E-state index in [1.54, 1.807) is 13.2 Å². The molecule has 1 atom stereocenters. The second-order valence-corrected chi connectivity index (χ2v) is 8.09. The van der Waals surface area contributed by atoms with Crippen molar-refractivity contribution < 1.29 is 28.6 Å². The summed E-state index contributed by atoms with van der Waals surface area (Å²) in [4.78, 5) is 17.8. The Bertz CT molecular complexity index is 1110. The van der Waals surface area contributed by atoms with Crippen molar-refractivity contribution in [3.63, 3.8) is 0 Å². The van der Waals surface area contributed by atoms with Crippen molar-refractivity contribution in [2.24, 2.45) is 0 Å². The number of ether oxygens (including phenoxy) is 4. The van der Waals surface area contributed by atoms with Gasteiger partial charge < -0.3 is 18.9 Å². The van der Waals surface area contributed by atoms with Crippen LogP contribution >= 0.6 is 0 Å². The molecule has 0 aliphatic heterocycles. The number of esters is 1. The van der Waals surface area contributed by atoms with Crippen molar-refractivity contribution in [3.05, 3.63) is 96.3 Å². The molecule has 37 heavy (non-hydrogen) atoms. The first-order valence-electron chi connectivity index (χ1n) is 12.6. The largest absolute Gasteiger partial charge is 0.464 e. The zero-order valence-electron chi connectivity index (χ0n) is 21.6. The van der Waals surface area contributed by atoms with Crippen molar-refractivity contribution in [3.8, 4) is 17.2 Å². The number of rotatable bonds is 15. The molecule has 1 unspecified atom stereocenters. The van der Waals surface area contributed by atoms with Gasteiger partial charge in [0.2, 0.25) is 0 Å². The molecule has 7 nitrogen and oxygen atoms in total. The fourth-order valence-corrected chi connectivity index (χ4v) is 3.44. The van der Waals surface area contributed by atoms with Gasteiger partial charge in [0.1, 0.15) is 29.2 Å². The topological polar surface area (TPSA) is 75.2 Å². The van der Waals surface area contributed by atoms with Crippen LogP contribution in [-0.2, 0) is 25.5 Å². The Morgan fingerprint density at radius 3 is 2.30 bits per heavy atom. The lowest BCUT2D eigenvalue weighted by Gasteiger charge is -2.16. The number of hydrogen-bond acceptors (Lipinski definition) is 7. The summed E-state index contributed by atoms with van der Waals surface area (Å²) in [5.41, 5.74) is 5.41. The van der Waals surface area contributed by atoms with E-state index in [0.29, 0.717) is 37.7 Å². The lowest BCUT2D eigenvalue weighted by atomic mass is 10.1. The fourth-order valence-electron chi connectivity index (χ4n) is 3.44. The number of hydrogen-bond donors (Lipinski definition) is 1. The van der Waals surface area contributed by atoms with Gasteiger partial charge in [0, 0.05) is 18.6 Å². The van der Waals surface area contributed by atoms with Crippen LogP contribution in [0.1, 0.15) is 38.3 Å². The molecule has 0 radical (unpaired) electrons. The smallest absolute Gasteiger partial charge is 0.335 e. The predicted octanol–water partition coefficient (Wildman–Crippen LogP) is 6.30. The molecular formula is C30H35NO6. The minimum Gasteiger partial charge on any atom is -0.464 e. The van der Waals surface area contributed by atoms with Gasteiger partial charge in [-0.05, 0) is 74.4 Å². The predicted molar refractivity (Wildman–Crippen MR) is 143 cm³/mol. The van der Waals surface area contributed by atoms with Crippen LogP contribution in [0, 0.1) is 0 Å². The Hall–Kier alpha value is -3.81. The summed E-state index contributed by atoms with van der Waals surface area (Å²) in [6.07, 6.45) is 2.20. The third-order valence-electron chi connectivity index (χ3n) is 5.18. The molecule has 0 spiro atoms. The number of hydroxylamine groups is 1. The molecule has 0 amide bonds. The highest BCUT2D eigenvalue weighted by Gasteiger charge is 2.20. The van der Waals surface area contributed by atoms with Crippen LogP contribution < -0.4 is 15.0 Å². The van der Waals surface area contributed by atoms with Gasteiger partial charge in [-0.2, -0.15) is 0 Å². The maximum absolute atomic E-state index is 12.2. The van der Waals surface area contributed by atoms with Gasteiger partial charge in [0.25, 0.3) is 0 Å². The minimum absolute atomic E-state index is 0.311. The number of carbonyl (C=O) groups is 1. The first-order valence-corrected chi connectivity index (χ1v) is 12.6. The molecule has 7 heteroatoms. The van der Waals surface area contributed by atoms with Gasteiger partial charge in [-0.1, -0.05) is 37.3 Å². The highest BCUT2D eigenvalue weighted by molar-refractivity contribution is 5.75. The van der Waals surface area contributed by atoms with Crippen molar-refractivity contribution in [2.75, 3.05) is 19.8 Å². The SMILES string of the molecule is CCCONC(=COc1cccc(CC(OCC)C(=O)OCC)c1)c1ccc(Oc2ccccc2)cc1. The van der Waals surface area contributed by atoms with Crippen molar-refractivity contribution in [1.82, 2.24) is 5.48 Å². The highest BCUT2D eigenvalue weighted by atomic mass is 16.6. The van der Waals surface area contributed by atoms with Crippen molar-refractivity contribution >= 4 is 11.7 Å². The first-order chi connectivity index (χ1) is 18.1. The molecular weight excluding hydrogens is 470 g/mol. The number of nitrogens with one attached hydrogen (secondary N) is 1. The summed E-state index contributed by atoms with van der Waals surface area (Å²) >= 11 is 0. The quantitative estimate of drug-likeness (QED) is 0.112. The summed E-state index contributed by atoms with van der Waals surface area (Å²) in [5.74, 6) is 1.75. The molecule has 3 aromatic carbocycles. The molecule has 0 saturated heterocycles. The van der Waals surface area contributed by atoms with E-state index >= 15 is 0 Å². The van der Waals surface area contributed by atoms with Gasteiger partial charge in [-0.3, -0.25) is 10.3 Å². The first kappa shape index (κ1) is 27.8. The van der Waals surface area contributed by atoms with Crippen LogP contribution in [0.25, 0.3) is 5.70 Å². The lowest BCUT2D eigenvalue weighted by Crippen LogP contribution is -2.29. The number of carbonyl (C=O) groups excluding carboxylic acids is 1. The standard InChI is InChI=1S/C30H35NO6/c1-4-19-36-31-28(24-15-17-26(18-16-24)37-25-12-8-7-9-13-25)22-35-27-14-10-11-23(20-27)21-29(33-5-2)30(32)34-6-3/h7-18,20,22,29,31H,4-6,19,21H2,1-3H3.